The summed E-state index contributed by atoms with van der Waals surface area (Å²) in [6.45, 7) is 2.33. The van der Waals surface area contributed by atoms with Crippen molar-refractivity contribution >= 4 is 5.91 Å². The Bertz CT molecular complexity index is 1040. The predicted octanol–water partition coefficient (Wildman–Crippen LogP) is 4.06. The highest BCUT2D eigenvalue weighted by molar-refractivity contribution is 5.94. The van der Waals surface area contributed by atoms with E-state index in [1.54, 1.807) is 24.8 Å². The first kappa shape index (κ1) is 21.0. The number of carbonyl (C=O) groups is 1. The fourth-order valence-electron chi connectivity index (χ4n) is 3.85. The van der Waals surface area contributed by atoms with E-state index in [9.17, 15) is 9.90 Å². The van der Waals surface area contributed by atoms with E-state index in [0.717, 1.165) is 47.9 Å². The van der Waals surface area contributed by atoms with Crippen molar-refractivity contribution in [2.75, 3.05) is 0 Å². The minimum atomic E-state index is -0.467. The Morgan fingerprint density at radius 2 is 1.94 bits per heavy atom. The lowest BCUT2D eigenvalue weighted by Crippen LogP contribution is -2.45. The highest BCUT2D eigenvalue weighted by Gasteiger charge is 2.25. The number of rotatable bonds is 6. The summed E-state index contributed by atoms with van der Waals surface area (Å²) in [5.41, 5.74) is 4.46. The van der Waals surface area contributed by atoms with Gasteiger partial charge in [0.1, 0.15) is 12.4 Å². The number of aliphatic hydroxyl groups excluding tert-OH is 1. The first-order valence-electron chi connectivity index (χ1n) is 10.7. The van der Waals surface area contributed by atoms with Crippen LogP contribution >= 0.6 is 0 Å². The molecule has 0 bridgehead atoms. The summed E-state index contributed by atoms with van der Waals surface area (Å²) < 4.78 is 5.98. The summed E-state index contributed by atoms with van der Waals surface area (Å²) in [6.07, 6.45) is 10.1. The number of benzene rings is 1. The fourth-order valence-corrected chi connectivity index (χ4v) is 3.85. The van der Waals surface area contributed by atoms with E-state index in [0.29, 0.717) is 17.9 Å². The monoisotopic (exact) mass is 417 g/mol. The molecule has 4 rings (SSSR count). The average molecular weight is 418 g/mol. The van der Waals surface area contributed by atoms with Crippen LogP contribution in [0.5, 0.6) is 5.75 Å². The van der Waals surface area contributed by atoms with E-state index >= 15 is 0 Å². The number of aliphatic hydroxyl groups is 1. The van der Waals surface area contributed by atoms with Gasteiger partial charge in [0, 0.05) is 35.3 Å². The molecule has 0 saturated heterocycles. The predicted molar refractivity (Wildman–Crippen MR) is 119 cm³/mol. The summed E-state index contributed by atoms with van der Waals surface area (Å²) >= 11 is 0. The molecule has 6 heteroatoms. The first-order chi connectivity index (χ1) is 15.1. The van der Waals surface area contributed by atoms with Crippen molar-refractivity contribution < 1.29 is 14.6 Å². The van der Waals surface area contributed by atoms with Gasteiger partial charge in [0.25, 0.3) is 5.91 Å². The van der Waals surface area contributed by atoms with Crippen LogP contribution in [-0.2, 0) is 6.61 Å². The molecule has 2 N–H and O–H groups in total. The van der Waals surface area contributed by atoms with Crippen LogP contribution in [-0.4, -0.2) is 33.1 Å². The molecule has 1 aliphatic rings. The van der Waals surface area contributed by atoms with Gasteiger partial charge in [-0.15, -0.1) is 0 Å². The van der Waals surface area contributed by atoms with E-state index in [1.807, 2.05) is 43.3 Å². The van der Waals surface area contributed by atoms with Crippen molar-refractivity contribution in [3.8, 4) is 16.9 Å². The van der Waals surface area contributed by atoms with Crippen LogP contribution < -0.4 is 10.1 Å². The van der Waals surface area contributed by atoms with Crippen LogP contribution in [0.1, 0.15) is 47.2 Å². The van der Waals surface area contributed by atoms with E-state index in [4.69, 9.17) is 4.74 Å². The van der Waals surface area contributed by atoms with Crippen LogP contribution in [0.2, 0.25) is 0 Å². The molecule has 160 valence electrons. The highest BCUT2D eigenvalue weighted by atomic mass is 16.5. The minimum absolute atomic E-state index is 0.160. The number of hydrogen-bond acceptors (Lipinski definition) is 5. The number of carbonyl (C=O) groups excluding carboxylic acids is 1. The molecule has 31 heavy (non-hydrogen) atoms. The number of pyridine rings is 2. The lowest BCUT2D eigenvalue weighted by atomic mass is 9.92. The Hall–Kier alpha value is -3.25. The number of amides is 1. The van der Waals surface area contributed by atoms with Crippen LogP contribution in [0.15, 0.2) is 61.2 Å². The van der Waals surface area contributed by atoms with Gasteiger partial charge in [-0.25, -0.2) is 0 Å². The van der Waals surface area contributed by atoms with Gasteiger partial charge in [-0.3, -0.25) is 14.8 Å². The zero-order valence-corrected chi connectivity index (χ0v) is 17.6. The second kappa shape index (κ2) is 9.71. The number of aromatic nitrogens is 2. The average Bonchev–Trinajstić information content (AvgIpc) is 2.81. The minimum Gasteiger partial charge on any atom is -0.487 e. The first-order valence-corrected chi connectivity index (χ1v) is 10.7. The van der Waals surface area contributed by atoms with Crippen molar-refractivity contribution in [1.29, 1.82) is 0 Å². The summed E-state index contributed by atoms with van der Waals surface area (Å²) in [5, 5.41) is 13.1. The summed E-state index contributed by atoms with van der Waals surface area (Å²) in [4.78, 5) is 21.1. The molecule has 0 unspecified atom stereocenters. The highest BCUT2D eigenvalue weighted by Crippen LogP contribution is 2.23. The summed E-state index contributed by atoms with van der Waals surface area (Å²) in [7, 11) is 0. The van der Waals surface area contributed by atoms with Gasteiger partial charge in [-0.1, -0.05) is 25.0 Å². The van der Waals surface area contributed by atoms with Crippen LogP contribution in [0, 0.1) is 6.92 Å². The molecule has 1 fully saturated rings. The van der Waals surface area contributed by atoms with Gasteiger partial charge >= 0.3 is 0 Å². The van der Waals surface area contributed by atoms with Gasteiger partial charge in [-0.2, -0.15) is 0 Å². The Morgan fingerprint density at radius 1 is 1.10 bits per heavy atom. The quantitative estimate of drug-likeness (QED) is 0.632. The van der Waals surface area contributed by atoms with Crippen LogP contribution in [0.25, 0.3) is 11.1 Å². The van der Waals surface area contributed by atoms with Crippen molar-refractivity contribution in [2.45, 2.75) is 51.4 Å². The largest absolute Gasteiger partial charge is 0.487 e. The topological polar surface area (TPSA) is 84.3 Å². The number of nitrogens with zero attached hydrogens (tertiary/aromatic N) is 2. The molecule has 1 aromatic carbocycles. The molecule has 2 heterocycles. The number of nitrogens with one attached hydrogen (secondary N) is 1. The van der Waals surface area contributed by atoms with Crippen molar-refractivity contribution in [3.05, 3.63) is 77.9 Å². The molecule has 1 aliphatic carbocycles. The lowest BCUT2D eigenvalue weighted by Gasteiger charge is -2.28. The van der Waals surface area contributed by atoms with Gasteiger partial charge in [0.15, 0.2) is 0 Å². The van der Waals surface area contributed by atoms with Crippen molar-refractivity contribution in [1.82, 2.24) is 15.3 Å². The van der Waals surface area contributed by atoms with Crippen LogP contribution in [0.4, 0.5) is 0 Å². The van der Waals surface area contributed by atoms with Gasteiger partial charge in [0.05, 0.1) is 18.3 Å². The molecule has 0 radical (unpaired) electrons. The molecule has 1 amide bonds. The smallest absolute Gasteiger partial charge is 0.251 e. The standard InChI is InChI=1S/C25H27N3O3/c1-17-8-9-18(25(30)28-23-6-2-3-7-24(23)29)11-21(17)16-31-22-12-20(14-27-15-22)19-5-4-10-26-13-19/h4-5,8-15,23-24,29H,2-3,6-7,16H2,1H3,(H,28,30)/t23-,24-/m0/s1. The Morgan fingerprint density at radius 3 is 2.74 bits per heavy atom. The second-order valence-corrected chi connectivity index (χ2v) is 8.01. The summed E-state index contributed by atoms with van der Waals surface area (Å²) in [6, 6.07) is 11.2. The Kier molecular flexibility index (Phi) is 6.57. The van der Waals surface area contributed by atoms with E-state index in [1.165, 1.54) is 0 Å². The molecule has 2 aromatic heterocycles. The van der Waals surface area contributed by atoms with Gasteiger partial charge in [-0.05, 0) is 55.2 Å². The second-order valence-electron chi connectivity index (χ2n) is 8.01. The van der Waals surface area contributed by atoms with Gasteiger partial charge in [0.2, 0.25) is 0 Å². The maximum atomic E-state index is 12.7. The van der Waals surface area contributed by atoms with Crippen molar-refractivity contribution in [2.24, 2.45) is 0 Å². The molecule has 6 nitrogen and oxygen atoms in total. The third-order valence-electron chi connectivity index (χ3n) is 5.76. The number of ether oxygens (including phenoxy) is 1. The Labute approximate surface area is 182 Å². The van der Waals surface area contributed by atoms with Gasteiger partial charge < -0.3 is 15.2 Å². The molecule has 0 aliphatic heterocycles. The fraction of sp³-hybridized carbons (Fsp3) is 0.320. The molecule has 2 atom stereocenters. The third-order valence-corrected chi connectivity index (χ3v) is 5.76. The maximum Gasteiger partial charge on any atom is 0.251 e. The summed E-state index contributed by atoms with van der Waals surface area (Å²) in [5.74, 6) is 0.494. The number of hydrogen-bond donors (Lipinski definition) is 2. The van der Waals surface area contributed by atoms with Crippen LogP contribution in [0.3, 0.4) is 0 Å². The third kappa shape index (κ3) is 5.27. The zero-order chi connectivity index (χ0) is 21.6. The molecule has 3 aromatic rings. The normalized spacial score (nSPS) is 18.4. The molecule has 1 saturated carbocycles. The maximum absolute atomic E-state index is 12.7. The van der Waals surface area contributed by atoms with Crippen molar-refractivity contribution in [3.63, 3.8) is 0 Å². The van der Waals surface area contributed by atoms with E-state index in [-0.39, 0.29) is 11.9 Å². The lowest BCUT2D eigenvalue weighted by molar-refractivity contribution is 0.0717. The van der Waals surface area contributed by atoms with E-state index in [2.05, 4.69) is 15.3 Å². The van der Waals surface area contributed by atoms with E-state index < -0.39 is 6.10 Å². The zero-order valence-electron chi connectivity index (χ0n) is 17.6. The Balaban J connectivity index is 1.44. The SMILES string of the molecule is Cc1ccc(C(=O)N[C@H]2CCCC[C@@H]2O)cc1COc1cncc(-c2cccnc2)c1. The molecular weight excluding hydrogens is 390 g/mol. The number of aryl methyl sites for hydroxylation is 1. The molecular formula is C25H27N3O3. The molecule has 0 spiro atoms.